The number of carbonyl (C=O) groups is 1. The molecule has 1 unspecified atom stereocenters. The summed E-state index contributed by atoms with van der Waals surface area (Å²) in [7, 11) is 0. The molecule has 3 fully saturated rings. The smallest absolute Gasteiger partial charge is 0.248 e. The number of nitrogens with zero attached hydrogens (tertiary/aromatic N) is 5. The molecular weight excluding hydrogens is 334 g/mol. The van der Waals surface area contributed by atoms with Gasteiger partial charge >= 0.3 is 0 Å². The molecule has 1 aliphatic carbocycles. The molecule has 0 spiro atoms. The number of fused-ring (bicyclic) bond motifs is 1. The van der Waals surface area contributed by atoms with Gasteiger partial charge in [0, 0.05) is 37.3 Å². The van der Waals surface area contributed by atoms with Crippen molar-refractivity contribution in [2.75, 3.05) is 37.6 Å². The fourth-order valence-corrected chi connectivity index (χ4v) is 5.65. The highest BCUT2D eigenvalue weighted by molar-refractivity contribution is 7.15. The second-order valence-electron chi connectivity index (χ2n) is 7.50. The lowest BCUT2D eigenvalue weighted by molar-refractivity contribution is -0.127. The van der Waals surface area contributed by atoms with Crippen LogP contribution in [0.4, 0.5) is 5.13 Å². The Labute approximate surface area is 153 Å². The summed E-state index contributed by atoms with van der Waals surface area (Å²) < 4.78 is 0. The van der Waals surface area contributed by atoms with Gasteiger partial charge in [-0.1, -0.05) is 26.2 Å². The summed E-state index contributed by atoms with van der Waals surface area (Å²) in [5.41, 5.74) is 0. The highest BCUT2D eigenvalue weighted by Gasteiger charge is 2.40. The summed E-state index contributed by atoms with van der Waals surface area (Å²) in [6, 6.07) is -0.205. The van der Waals surface area contributed by atoms with E-state index in [2.05, 4.69) is 23.0 Å². The number of aromatic nitrogens is 1. The second kappa shape index (κ2) is 6.93. The summed E-state index contributed by atoms with van der Waals surface area (Å²) in [6.45, 7) is 5.93. The predicted molar refractivity (Wildman–Crippen MR) is 97.4 cm³/mol. The lowest BCUT2D eigenvalue weighted by Gasteiger charge is -2.44. The Morgan fingerprint density at radius 2 is 2.04 bits per heavy atom. The van der Waals surface area contributed by atoms with Crippen LogP contribution in [-0.4, -0.2) is 59.5 Å². The number of hydrogen-bond acceptors (Lipinski definition) is 6. The van der Waals surface area contributed by atoms with E-state index in [4.69, 9.17) is 5.26 Å². The van der Waals surface area contributed by atoms with Crippen LogP contribution in [0.25, 0.3) is 0 Å². The monoisotopic (exact) mass is 359 g/mol. The molecule has 0 aromatic carbocycles. The Kier molecular flexibility index (Phi) is 4.65. The minimum absolute atomic E-state index is 0.101. The van der Waals surface area contributed by atoms with Crippen molar-refractivity contribution in [2.45, 2.75) is 44.6 Å². The van der Waals surface area contributed by atoms with Crippen LogP contribution >= 0.6 is 11.3 Å². The van der Waals surface area contributed by atoms with Gasteiger partial charge in [0.2, 0.25) is 5.91 Å². The van der Waals surface area contributed by atoms with Gasteiger partial charge in [0.25, 0.3) is 0 Å². The van der Waals surface area contributed by atoms with Gasteiger partial charge in [-0.15, -0.1) is 11.3 Å². The van der Waals surface area contributed by atoms with E-state index < -0.39 is 0 Å². The maximum absolute atomic E-state index is 13.0. The summed E-state index contributed by atoms with van der Waals surface area (Å²) in [6.07, 6.45) is 9.35. The Morgan fingerprint density at radius 1 is 1.24 bits per heavy atom. The van der Waals surface area contributed by atoms with Crippen molar-refractivity contribution in [3.63, 3.8) is 0 Å². The van der Waals surface area contributed by atoms with Crippen LogP contribution in [0.1, 0.15) is 43.4 Å². The molecule has 1 aromatic heterocycles. The summed E-state index contributed by atoms with van der Waals surface area (Å²) >= 11 is 1.70. The molecule has 0 bridgehead atoms. The first-order valence-corrected chi connectivity index (χ1v) is 10.1. The molecule has 4 rings (SSSR count). The molecule has 2 saturated heterocycles. The van der Waals surface area contributed by atoms with Gasteiger partial charge in [0.1, 0.15) is 6.04 Å². The maximum atomic E-state index is 13.0. The number of thiazole rings is 1. The topological polar surface area (TPSA) is 63.5 Å². The highest BCUT2D eigenvalue weighted by Crippen LogP contribution is 2.41. The van der Waals surface area contributed by atoms with Crippen molar-refractivity contribution >= 4 is 22.4 Å². The number of piperazine rings is 2. The van der Waals surface area contributed by atoms with Crippen molar-refractivity contribution in [1.82, 2.24) is 14.8 Å². The first kappa shape index (κ1) is 16.8. The fourth-order valence-electron chi connectivity index (χ4n) is 4.43. The van der Waals surface area contributed by atoms with E-state index in [1.807, 2.05) is 11.1 Å². The van der Waals surface area contributed by atoms with E-state index in [-0.39, 0.29) is 11.9 Å². The van der Waals surface area contributed by atoms with E-state index in [0.717, 1.165) is 24.8 Å². The molecule has 0 radical (unpaired) electrons. The molecule has 6 nitrogen and oxygen atoms in total. The lowest BCUT2D eigenvalue weighted by Crippen LogP contribution is -2.64. The Hall–Kier alpha value is -1.65. The first-order valence-electron chi connectivity index (χ1n) is 9.33. The fraction of sp³-hybridized carbons (Fsp3) is 0.722. The van der Waals surface area contributed by atoms with Crippen molar-refractivity contribution in [3.05, 3.63) is 11.1 Å². The Morgan fingerprint density at radius 3 is 2.84 bits per heavy atom. The van der Waals surface area contributed by atoms with Crippen LogP contribution in [0, 0.1) is 17.4 Å². The molecule has 3 aliphatic rings. The molecule has 3 heterocycles. The van der Waals surface area contributed by atoms with Crippen LogP contribution in [0.3, 0.4) is 0 Å². The van der Waals surface area contributed by atoms with Gasteiger partial charge in [-0.2, -0.15) is 5.26 Å². The van der Waals surface area contributed by atoms with E-state index in [1.54, 1.807) is 16.2 Å². The van der Waals surface area contributed by atoms with Gasteiger partial charge in [-0.25, -0.2) is 4.98 Å². The van der Waals surface area contributed by atoms with Gasteiger partial charge in [0.15, 0.2) is 11.3 Å². The van der Waals surface area contributed by atoms with Crippen molar-refractivity contribution in [3.8, 4) is 6.19 Å². The van der Waals surface area contributed by atoms with Crippen LogP contribution in [0.2, 0.25) is 0 Å². The van der Waals surface area contributed by atoms with E-state index in [9.17, 15) is 4.79 Å². The quantitative estimate of drug-likeness (QED) is 0.758. The normalized spacial score (nSPS) is 30.9. The zero-order valence-corrected chi connectivity index (χ0v) is 15.5. The van der Waals surface area contributed by atoms with Gasteiger partial charge in [-0.05, 0) is 18.3 Å². The summed E-state index contributed by atoms with van der Waals surface area (Å²) in [4.78, 5) is 24.7. The SMILES string of the molecule is C[C@@H]1CCCC[C@@H]1c1cnc(N2CCN3CCN(C#N)CC3C2=O)s1. The number of amides is 1. The van der Waals surface area contributed by atoms with Crippen LogP contribution in [0.15, 0.2) is 6.20 Å². The number of anilines is 1. The average Bonchev–Trinajstić information content (AvgIpc) is 3.12. The van der Waals surface area contributed by atoms with Crippen molar-refractivity contribution in [1.29, 1.82) is 5.26 Å². The lowest BCUT2D eigenvalue weighted by atomic mass is 9.80. The van der Waals surface area contributed by atoms with Gasteiger partial charge in [0.05, 0.1) is 6.54 Å². The number of nitriles is 1. The molecular formula is C18H25N5OS. The molecule has 0 N–H and O–H groups in total. The number of hydrogen-bond donors (Lipinski definition) is 0. The molecule has 1 saturated carbocycles. The van der Waals surface area contributed by atoms with Crippen molar-refractivity contribution < 1.29 is 4.79 Å². The largest absolute Gasteiger partial charge is 0.307 e. The Balaban J connectivity index is 1.50. The summed E-state index contributed by atoms with van der Waals surface area (Å²) in [5.74, 6) is 1.40. The number of carbonyl (C=O) groups excluding carboxylic acids is 1. The molecule has 25 heavy (non-hydrogen) atoms. The summed E-state index contributed by atoms with van der Waals surface area (Å²) in [5, 5.41) is 9.98. The average molecular weight is 359 g/mol. The minimum atomic E-state index is -0.205. The predicted octanol–water partition coefficient (Wildman–Crippen LogP) is 2.25. The van der Waals surface area contributed by atoms with Gasteiger partial charge < -0.3 is 4.90 Å². The third-order valence-corrected chi connectivity index (χ3v) is 7.17. The van der Waals surface area contributed by atoms with Crippen molar-refractivity contribution in [2.24, 2.45) is 5.92 Å². The molecule has 1 aromatic rings. The third kappa shape index (κ3) is 3.13. The van der Waals surface area contributed by atoms with Crippen LogP contribution in [0.5, 0.6) is 0 Å². The standard InChI is InChI=1S/C18H25N5OS/c1-13-4-2-3-5-14(13)16-10-20-18(25-16)23-9-8-22-7-6-21(12-19)11-15(22)17(23)24/h10,13-15H,2-9,11H2,1H3/t13-,14+,15?/m1/s1. The third-order valence-electron chi connectivity index (χ3n) is 6.01. The molecule has 2 aliphatic heterocycles. The second-order valence-corrected chi connectivity index (χ2v) is 8.54. The molecule has 7 heteroatoms. The highest BCUT2D eigenvalue weighted by atomic mass is 32.1. The number of rotatable bonds is 2. The zero-order valence-electron chi connectivity index (χ0n) is 14.7. The Bertz CT molecular complexity index is 683. The molecule has 1 amide bonds. The minimum Gasteiger partial charge on any atom is -0.307 e. The first-order chi connectivity index (χ1) is 12.2. The zero-order chi connectivity index (χ0) is 17.4. The van der Waals surface area contributed by atoms with Crippen LogP contribution < -0.4 is 4.90 Å². The maximum Gasteiger partial charge on any atom is 0.248 e. The van der Waals surface area contributed by atoms with E-state index in [0.29, 0.717) is 24.9 Å². The molecule has 134 valence electrons. The van der Waals surface area contributed by atoms with E-state index >= 15 is 0 Å². The van der Waals surface area contributed by atoms with E-state index in [1.165, 1.54) is 30.6 Å². The van der Waals surface area contributed by atoms with Gasteiger partial charge in [-0.3, -0.25) is 14.6 Å². The van der Waals surface area contributed by atoms with Crippen LogP contribution in [-0.2, 0) is 4.79 Å². The molecule has 3 atom stereocenters.